The van der Waals surface area contributed by atoms with Gasteiger partial charge in [-0.05, 0) is 13.1 Å². The summed E-state index contributed by atoms with van der Waals surface area (Å²) < 4.78 is 2.38. The van der Waals surface area contributed by atoms with E-state index in [4.69, 9.17) is 0 Å². The molecule has 0 atom stereocenters. The lowest BCUT2D eigenvalue weighted by molar-refractivity contribution is 0.154. The summed E-state index contributed by atoms with van der Waals surface area (Å²) in [6, 6.07) is 1.47. The van der Waals surface area contributed by atoms with Gasteiger partial charge in [-0.1, -0.05) is 0 Å². The molecule has 42 valence electrons. The van der Waals surface area contributed by atoms with Gasteiger partial charge in [-0.3, -0.25) is 9.68 Å². The van der Waals surface area contributed by atoms with Crippen LogP contribution in [0.2, 0.25) is 6.04 Å². The molecule has 0 N–H and O–H groups in total. The Morgan fingerprint density at radius 1 is 1.43 bits per heavy atom. The molecule has 1 fully saturated rings. The average molecular weight is 116 g/mol. The zero-order valence-electron chi connectivity index (χ0n) is 5.02. The van der Waals surface area contributed by atoms with Gasteiger partial charge in [0.15, 0.2) is 0 Å². The minimum atomic E-state index is 0.179. The van der Waals surface area contributed by atoms with Crippen LogP contribution < -0.4 is 0 Å². The summed E-state index contributed by atoms with van der Waals surface area (Å²) in [5.41, 5.74) is 0. The molecule has 3 heteroatoms. The molecule has 7 heavy (non-hydrogen) atoms. The summed E-state index contributed by atoms with van der Waals surface area (Å²) >= 11 is 0. The summed E-state index contributed by atoms with van der Waals surface area (Å²) in [6.07, 6.45) is 0. The molecule has 0 aliphatic carbocycles. The van der Waals surface area contributed by atoms with Gasteiger partial charge in [0.2, 0.25) is 0 Å². The summed E-state index contributed by atoms with van der Waals surface area (Å²) in [6.45, 7) is 1.29. The first-order valence-corrected chi connectivity index (χ1v) is 4.36. The van der Waals surface area contributed by atoms with E-state index in [1.165, 1.54) is 12.6 Å². The van der Waals surface area contributed by atoms with Crippen molar-refractivity contribution in [1.29, 1.82) is 0 Å². The van der Waals surface area contributed by atoms with Crippen molar-refractivity contribution in [3.8, 4) is 0 Å². The molecule has 0 amide bonds. The van der Waals surface area contributed by atoms with E-state index in [-0.39, 0.29) is 9.68 Å². The minimum absolute atomic E-state index is 0.179. The highest BCUT2D eigenvalue weighted by Gasteiger charge is 2.11. The molecule has 1 rings (SSSR count). The predicted molar refractivity (Wildman–Crippen MR) is 33.7 cm³/mol. The number of nitrogens with zero attached hydrogens (tertiary/aromatic N) is 2. The van der Waals surface area contributed by atoms with Gasteiger partial charge in [-0.2, -0.15) is 0 Å². The molecule has 0 aromatic carbocycles. The van der Waals surface area contributed by atoms with Gasteiger partial charge in [0.1, 0.15) is 9.68 Å². The Morgan fingerprint density at radius 3 is 2.29 bits per heavy atom. The largest absolute Gasteiger partial charge is 0.274 e. The van der Waals surface area contributed by atoms with E-state index in [2.05, 4.69) is 23.8 Å². The van der Waals surface area contributed by atoms with Crippen LogP contribution in [0.3, 0.4) is 0 Å². The van der Waals surface area contributed by atoms with E-state index >= 15 is 0 Å². The third-order valence-corrected chi connectivity index (χ3v) is 3.31. The van der Waals surface area contributed by atoms with Crippen molar-refractivity contribution in [2.75, 3.05) is 20.6 Å². The lowest BCUT2D eigenvalue weighted by Gasteiger charge is -2.17. The second-order valence-corrected chi connectivity index (χ2v) is 4.19. The third-order valence-electron chi connectivity index (χ3n) is 1.55. The van der Waals surface area contributed by atoms with Gasteiger partial charge < -0.3 is 0 Å². The highest BCUT2D eigenvalue weighted by atomic mass is 28.2. The van der Waals surface area contributed by atoms with Gasteiger partial charge in [-0.25, -0.2) is 0 Å². The lowest BCUT2D eigenvalue weighted by atomic mass is 10.7. The summed E-state index contributed by atoms with van der Waals surface area (Å²) in [5, 5.41) is 2.30. The monoisotopic (exact) mass is 116 g/mol. The van der Waals surface area contributed by atoms with Crippen LogP contribution in [-0.2, 0) is 0 Å². The van der Waals surface area contributed by atoms with Crippen molar-refractivity contribution in [2.24, 2.45) is 0 Å². The first kappa shape index (κ1) is 5.28. The van der Waals surface area contributed by atoms with Crippen molar-refractivity contribution in [3.05, 3.63) is 0 Å². The molecule has 1 aliphatic heterocycles. The summed E-state index contributed by atoms with van der Waals surface area (Å²) in [4.78, 5) is 0. The van der Waals surface area contributed by atoms with Crippen LogP contribution in [0.15, 0.2) is 0 Å². The molecule has 1 heterocycles. The molecule has 0 bridgehead atoms. The fraction of sp³-hybridized carbons (Fsp3) is 1.00. The molecule has 1 saturated heterocycles. The molecule has 0 radical (unpaired) electrons. The maximum atomic E-state index is 2.38. The van der Waals surface area contributed by atoms with E-state index in [0.29, 0.717) is 0 Å². The lowest BCUT2D eigenvalue weighted by Crippen LogP contribution is -2.30. The SMILES string of the molecule is CN1CC[SiH2]N1C. The van der Waals surface area contributed by atoms with Crippen molar-refractivity contribution in [1.82, 2.24) is 9.68 Å². The quantitative estimate of drug-likeness (QED) is 0.385. The molecule has 0 spiro atoms. The number of hydrazine groups is 1. The Morgan fingerprint density at radius 2 is 2.14 bits per heavy atom. The Bertz CT molecular complexity index is 58.7. The van der Waals surface area contributed by atoms with Crippen LogP contribution in [-0.4, -0.2) is 40.0 Å². The zero-order valence-corrected chi connectivity index (χ0v) is 6.43. The Balaban J connectivity index is 2.33. The highest BCUT2D eigenvalue weighted by Crippen LogP contribution is 2.00. The molecule has 2 nitrogen and oxygen atoms in total. The summed E-state index contributed by atoms with van der Waals surface area (Å²) in [5.74, 6) is 0. The highest BCUT2D eigenvalue weighted by molar-refractivity contribution is 6.32. The van der Waals surface area contributed by atoms with Crippen molar-refractivity contribution in [3.63, 3.8) is 0 Å². The van der Waals surface area contributed by atoms with Crippen molar-refractivity contribution >= 4 is 9.68 Å². The topological polar surface area (TPSA) is 6.48 Å². The van der Waals surface area contributed by atoms with E-state index in [1.807, 2.05) is 0 Å². The third kappa shape index (κ3) is 1.02. The Kier molecular flexibility index (Phi) is 1.46. The fourth-order valence-electron chi connectivity index (χ4n) is 0.870. The normalized spacial score (nSPS) is 30.0. The minimum Gasteiger partial charge on any atom is -0.274 e. The van der Waals surface area contributed by atoms with Gasteiger partial charge in [0.25, 0.3) is 0 Å². The first-order valence-electron chi connectivity index (χ1n) is 2.73. The Hall–Kier alpha value is 0.137. The molecule has 0 aromatic rings. The maximum Gasteiger partial charge on any atom is 0.115 e. The molecular weight excluding hydrogens is 104 g/mol. The van der Waals surface area contributed by atoms with E-state index < -0.39 is 0 Å². The average Bonchev–Trinajstić information content (AvgIpc) is 1.91. The standard InChI is InChI=1S/C4H12N2Si/c1-5-3-4-7-6(5)2/h3-4,7H2,1-2H3. The number of rotatable bonds is 0. The predicted octanol–water partition coefficient (Wildman–Crippen LogP) is -0.719. The van der Waals surface area contributed by atoms with Crippen LogP contribution in [0.1, 0.15) is 0 Å². The van der Waals surface area contributed by atoms with E-state index in [9.17, 15) is 0 Å². The number of hydrogen-bond donors (Lipinski definition) is 0. The molecule has 0 aromatic heterocycles. The maximum absolute atomic E-state index is 2.38. The van der Waals surface area contributed by atoms with Crippen LogP contribution in [0.25, 0.3) is 0 Å². The van der Waals surface area contributed by atoms with Crippen LogP contribution in [0.4, 0.5) is 0 Å². The van der Waals surface area contributed by atoms with Crippen LogP contribution >= 0.6 is 0 Å². The number of hydrogen-bond acceptors (Lipinski definition) is 2. The molecule has 0 saturated carbocycles. The second kappa shape index (κ2) is 1.94. The van der Waals surface area contributed by atoms with Crippen molar-refractivity contribution in [2.45, 2.75) is 6.04 Å². The van der Waals surface area contributed by atoms with Crippen LogP contribution in [0.5, 0.6) is 0 Å². The zero-order chi connectivity index (χ0) is 5.28. The second-order valence-electron chi connectivity index (χ2n) is 2.12. The van der Waals surface area contributed by atoms with Crippen molar-refractivity contribution < 1.29 is 0 Å². The summed E-state index contributed by atoms with van der Waals surface area (Å²) in [7, 11) is 4.51. The van der Waals surface area contributed by atoms with Gasteiger partial charge >= 0.3 is 0 Å². The molecular formula is C4H12N2Si. The van der Waals surface area contributed by atoms with Crippen LogP contribution in [0, 0.1) is 0 Å². The molecule has 1 aliphatic rings. The van der Waals surface area contributed by atoms with Gasteiger partial charge in [0, 0.05) is 13.6 Å². The van der Waals surface area contributed by atoms with E-state index in [0.717, 1.165) is 0 Å². The van der Waals surface area contributed by atoms with E-state index in [1.54, 1.807) is 0 Å². The Labute approximate surface area is 47.0 Å². The van der Waals surface area contributed by atoms with Gasteiger partial charge in [-0.15, -0.1) is 0 Å². The molecule has 0 unspecified atom stereocenters. The fourth-order valence-corrected chi connectivity index (χ4v) is 2.41. The van der Waals surface area contributed by atoms with Gasteiger partial charge in [0.05, 0.1) is 0 Å². The first-order chi connectivity index (χ1) is 3.30. The smallest absolute Gasteiger partial charge is 0.115 e.